The van der Waals surface area contributed by atoms with Gasteiger partial charge in [-0.05, 0) is 78.6 Å². The lowest BCUT2D eigenvalue weighted by atomic mass is 9.57. The average Bonchev–Trinajstić information content (AvgIpc) is 3.52. The maximum Gasteiger partial charge on any atom is 0.337 e. The Hall–Kier alpha value is -4.55. The Bertz CT molecular complexity index is 1710. The highest BCUT2D eigenvalue weighted by molar-refractivity contribution is 5.92. The second kappa shape index (κ2) is 10.7. The van der Waals surface area contributed by atoms with Crippen molar-refractivity contribution in [1.29, 1.82) is 0 Å². The third-order valence-corrected chi connectivity index (χ3v) is 9.15. The fraction of sp³-hybridized carbons (Fsp3) is 0.250. The third-order valence-electron chi connectivity index (χ3n) is 9.15. The number of carbonyl (C=O) groups is 1. The summed E-state index contributed by atoms with van der Waals surface area (Å²) in [7, 11) is 1.41. The molecule has 1 aliphatic carbocycles. The normalized spacial score (nSPS) is 19.7. The van der Waals surface area contributed by atoms with Crippen LogP contribution in [0.3, 0.4) is 0 Å². The number of aromatic nitrogens is 3. The van der Waals surface area contributed by atoms with Crippen LogP contribution in [0.2, 0.25) is 0 Å². The number of esters is 1. The van der Waals surface area contributed by atoms with Gasteiger partial charge in [-0.2, -0.15) is 0 Å². The number of aryl methyl sites for hydroxylation is 1. The third kappa shape index (κ3) is 4.92. The van der Waals surface area contributed by atoms with Crippen LogP contribution >= 0.6 is 0 Å². The van der Waals surface area contributed by atoms with Crippen molar-refractivity contribution in [3.05, 3.63) is 126 Å². The number of nitrogens with zero attached hydrogens (tertiary/aromatic N) is 4. The van der Waals surface area contributed by atoms with Crippen molar-refractivity contribution in [2.75, 3.05) is 13.7 Å². The number of methoxy groups -OCH3 is 1. The molecule has 6 nitrogen and oxygen atoms in total. The molecule has 0 unspecified atom stereocenters. The predicted molar refractivity (Wildman–Crippen MR) is 164 cm³/mol. The molecule has 0 N–H and O–H groups in total. The number of fused-ring (bicyclic) bond motifs is 2. The minimum absolute atomic E-state index is 0.280. The van der Waals surface area contributed by atoms with E-state index in [2.05, 4.69) is 94.9 Å². The minimum Gasteiger partial charge on any atom is -0.465 e. The molecule has 8 rings (SSSR count). The predicted octanol–water partition coefficient (Wildman–Crippen LogP) is 7.00. The fourth-order valence-corrected chi connectivity index (χ4v) is 6.66. The number of ether oxygens (including phenoxy) is 1. The van der Waals surface area contributed by atoms with Crippen LogP contribution in [0.25, 0.3) is 28.1 Å². The summed E-state index contributed by atoms with van der Waals surface area (Å²) in [6.07, 6.45) is 5.52. The van der Waals surface area contributed by atoms with Crippen LogP contribution in [0.5, 0.6) is 0 Å². The highest BCUT2D eigenvalue weighted by Crippen LogP contribution is 2.52. The van der Waals surface area contributed by atoms with Crippen molar-refractivity contribution in [3.63, 3.8) is 0 Å². The summed E-state index contributed by atoms with van der Waals surface area (Å²) in [6, 6.07) is 34.3. The van der Waals surface area contributed by atoms with Crippen molar-refractivity contribution in [1.82, 2.24) is 19.9 Å². The van der Waals surface area contributed by atoms with Crippen LogP contribution in [-0.4, -0.2) is 45.6 Å². The summed E-state index contributed by atoms with van der Waals surface area (Å²) < 4.78 is 6.80. The zero-order valence-corrected chi connectivity index (χ0v) is 24.0. The zero-order chi connectivity index (χ0) is 28.7. The lowest BCUT2D eigenvalue weighted by Gasteiger charge is -2.58. The van der Waals surface area contributed by atoms with Crippen LogP contribution in [0, 0.1) is 6.92 Å². The van der Waals surface area contributed by atoms with E-state index in [-0.39, 0.29) is 11.4 Å². The second-order valence-corrected chi connectivity index (χ2v) is 11.8. The minimum atomic E-state index is -0.379. The lowest BCUT2D eigenvalue weighted by Crippen LogP contribution is -2.59. The Balaban J connectivity index is 1.12. The fourth-order valence-electron chi connectivity index (χ4n) is 6.66. The topological polar surface area (TPSA) is 60.2 Å². The van der Waals surface area contributed by atoms with Crippen LogP contribution in [0.15, 0.2) is 103 Å². The molecule has 2 bridgehead atoms. The van der Waals surface area contributed by atoms with Gasteiger partial charge in [0.15, 0.2) is 0 Å². The molecule has 3 aliphatic rings. The molecule has 0 spiro atoms. The Morgan fingerprint density at radius 3 is 2.33 bits per heavy atom. The van der Waals surface area contributed by atoms with Gasteiger partial charge in [0.2, 0.25) is 0 Å². The molecule has 0 amide bonds. The van der Waals surface area contributed by atoms with E-state index in [1.165, 1.54) is 43.1 Å². The molecule has 2 aliphatic heterocycles. The molecule has 42 heavy (non-hydrogen) atoms. The van der Waals surface area contributed by atoms with Crippen LogP contribution in [0.4, 0.5) is 0 Å². The molecule has 3 fully saturated rings. The quantitative estimate of drug-likeness (QED) is 0.203. The summed E-state index contributed by atoms with van der Waals surface area (Å²) >= 11 is 0. The van der Waals surface area contributed by atoms with E-state index < -0.39 is 0 Å². The number of carbonyl (C=O) groups excluding carboxylic acids is 1. The summed E-state index contributed by atoms with van der Waals surface area (Å²) in [5, 5.41) is 8.77. The van der Waals surface area contributed by atoms with Crippen molar-refractivity contribution < 1.29 is 9.53 Å². The standard InChI is InChI=1S/C36H34N4O2/c1-25-8-10-28(11-9-25)34-24-40(38-37-34)32-19-29(18-30(20-32)35(41)42-2)27-12-14-31(15-13-27)36-16-17-39(33(21-36)22-36)23-26-6-4-3-5-7-26/h3-15,18-20,24,33H,16-17,21-23H2,1-2H3. The van der Waals surface area contributed by atoms with Gasteiger partial charge in [0.05, 0.1) is 24.6 Å². The Kier molecular flexibility index (Phi) is 6.71. The van der Waals surface area contributed by atoms with E-state index in [1.54, 1.807) is 10.7 Å². The molecule has 1 saturated carbocycles. The van der Waals surface area contributed by atoms with Gasteiger partial charge in [-0.25, -0.2) is 9.48 Å². The maximum absolute atomic E-state index is 12.6. The zero-order valence-electron chi connectivity index (χ0n) is 24.0. The SMILES string of the molecule is COC(=O)c1cc(-c2ccc(C34CCN(Cc5ccccc5)C(C3)C4)cc2)cc(-n2cc(-c3ccc(C)cc3)nn2)c1. The smallest absolute Gasteiger partial charge is 0.337 e. The summed E-state index contributed by atoms with van der Waals surface area (Å²) in [4.78, 5) is 15.3. The molecule has 4 aromatic carbocycles. The van der Waals surface area contributed by atoms with Gasteiger partial charge in [0.25, 0.3) is 0 Å². The summed E-state index contributed by atoms with van der Waals surface area (Å²) in [5.74, 6) is -0.379. The number of rotatable bonds is 7. The Labute approximate surface area is 246 Å². The number of piperidine rings is 2. The molecular formula is C36H34N4O2. The van der Waals surface area contributed by atoms with Gasteiger partial charge in [0, 0.05) is 18.2 Å². The largest absolute Gasteiger partial charge is 0.465 e. The first kappa shape index (κ1) is 26.4. The Morgan fingerprint density at radius 2 is 1.64 bits per heavy atom. The van der Waals surface area contributed by atoms with E-state index in [1.807, 2.05) is 24.4 Å². The van der Waals surface area contributed by atoms with E-state index in [0.29, 0.717) is 11.6 Å². The van der Waals surface area contributed by atoms with Crippen molar-refractivity contribution in [2.45, 2.75) is 44.2 Å². The first-order valence-electron chi connectivity index (χ1n) is 14.6. The van der Waals surface area contributed by atoms with Crippen LogP contribution < -0.4 is 0 Å². The Morgan fingerprint density at radius 1 is 0.905 bits per heavy atom. The molecule has 2 saturated heterocycles. The van der Waals surface area contributed by atoms with E-state index in [0.717, 1.165) is 41.2 Å². The number of hydrogen-bond acceptors (Lipinski definition) is 5. The van der Waals surface area contributed by atoms with Gasteiger partial charge < -0.3 is 4.74 Å². The van der Waals surface area contributed by atoms with Gasteiger partial charge in [-0.1, -0.05) is 89.6 Å². The van der Waals surface area contributed by atoms with Gasteiger partial charge in [-0.3, -0.25) is 4.90 Å². The van der Waals surface area contributed by atoms with Crippen LogP contribution in [-0.2, 0) is 16.7 Å². The molecule has 6 heteroatoms. The summed E-state index contributed by atoms with van der Waals surface area (Å²) in [5.41, 5.74) is 9.29. The highest BCUT2D eigenvalue weighted by atomic mass is 16.5. The monoisotopic (exact) mass is 554 g/mol. The van der Waals surface area contributed by atoms with E-state index in [9.17, 15) is 4.79 Å². The number of benzene rings is 4. The maximum atomic E-state index is 12.6. The first-order valence-corrected chi connectivity index (χ1v) is 14.6. The molecule has 0 atom stereocenters. The lowest BCUT2D eigenvalue weighted by molar-refractivity contribution is -0.0180. The van der Waals surface area contributed by atoms with Crippen molar-refractivity contribution in [2.24, 2.45) is 0 Å². The molecule has 1 aromatic heterocycles. The molecule has 0 radical (unpaired) electrons. The highest BCUT2D eigenvalue weighted by Gasteiger charge is 2.51. The summed E-state index contributed by atoms with van der Waals surface area (Å²) in [6.45, 7) is 4.23. The van der Waals surface area contributed by atoms with Gasteiger partial charge in [-0.15, -0.1) is 5.10 Å². The van der Waals surface area contributed by atoms with Crippen molar-refractivity contribution in [3.8, 4) is 28.1 Å². The molecule has 5 aromatic rings. The first-order chi connectivity index (χ1) is 20.5. The molecule has 3 heterocycles. The van der Waals surface area contributed by atoms with E-state index in [4.69, 9.17) is 4.74 Å². The number of hydrogen-bond donors (Lipinski definition) is 0. The van der Waals surface area contributed by atoms with Crippen LogP contribution in [0.1, 0.15) is 46.3 Å². The van der Waals surface area contributed by atoms with Gasteiger partial charge in [0.1, 0.15) is 5.69 Å². The van der Waals surface area contributed by atoms with Crippen molar-refractivity contribution >= 4 is 5.97 Å². The van der Waals surface area contributed by atoms with Gasteiger partial charge >= 0.3 is 5.97 Å². The molecule has 210 valence electrons. The molecular weight excluding hydrogens is 520 g/mol. The van der Waals surface area contributed by atoms with E-state index >= 15 is 0 Å². The average molecular weight is 555 g/mol. The second-order valence-electron chi connectivity index (χ2n) is 11.8.